The quantitative estimate of drug-likeness (QED) is 0.832. The first kappa shape index (κ1) is 14.1. The number of aromatic nitrogens is 1. The molecule has 2 N–H and O–H groups in total. The number of nitrogens with one attached hydrogen (secondary N) is 2. The van der Waals surface area contributed by atoms with Crippen LogP contribution in [0.5, 0.6) is 5.75 Å². The topological polar surface area (TPSA) is 63.2 Å². The van der Waals surface area contributed by atoms with Crippen LogP contribution >= 0.6 is 11.6 Å². The maximum atomic E-state index is 11.5. The Bertz CT molecular complexity index is 546. The lowest BCUT2D eigenvalue weighted by Gasteiger charge is -2.09. The number of ether oxygens (including phenoxy) is 1. The minimum Gasteiger partial charge on any atom is -0.473 e. The van der Waals surface area contributed by atoms with E-state index in [2.05, 4.69) is 15.6 Å². The van der Waals surface area contributed by atoms with Crippen LogP contribution < -0.4 is 15.4 Å². The molecule has 0 fully saturated rings. The molecule has 0 saturated carbocycles. The second kappa shape index (κ2) is 7.35. The summed E-state index contributed by atoms with van der Waals surface area (Å²) in [5, 5.41) is 5.95. The highest BCUT2D eigenvalue weighted by molar-refractivity contribution is 6.30. The number of rotatable bonds is 5. The van der Waals surface area contributed by atoms with Crippen molar-refractivity contribution in [3.63, 3.8) is 0 Å². The fourth-order valence-electron chi connectivity index (χ4n) is 1.46. The van der Waals surface area contributed by atoms with E-state index in [0.717, 1.165) is 5.56 Å². The third kappa shape index (κ3) is 4.78. The van der Waals surface area contributed by atoms with Crippen LogP contribution in [0.15, 0.2) is 48.8 Å². The molecule has 2 rings (SSSR count). The van der Waals surface area contributed by atoms with Gasteiger partial charge in [0.25, 0.3) is 0 Å². The highest BCUT2D eigenvalue weighted by atomic mass is 35.5. The van der Waals surface area contributed by atoms with Gasteiger partial charge in [0.1, 0.15) is 5.75 Å². The Kier molecular flexibility index (Phi) is 5.20. The average molecular weight is 292 g/mol. The second-order valence-electron chi connectivity index (χ2n) is 3.96. The van der Waals surface area contributed by atoms with Crippen molar-refractivity contribution < 1.29 is 9.53 Å². The molecule has 0 bridgehead atoms. The van der Waals surface area contributed by atoms with Crippen LogP contribution in [0, 0.1) is 0 Å². The Balaban J connectivity index is 1.66. The summed E-state index contributed by atoms with van der Waals surface area (Å²) in [5.74, 6) is 0.642. The van der Waals surface area contributed by atoms with Gasteiger partial charge in [-0.25, -0.2) is 4.79 Å². The normalized spacial score (nSPS) is 9.85. The minimum absolute atomic E-state index is 0.0871. The lowest BCUT2D eigenvalue weighted by molar-refractivity contribution is 0.223. The summed E-state index contributed by atoms with van der Waals surface area (Å²) in [5.41, 5.74) is 0.980. The highest BCUT2D eigenvalue weighted by Gasteiger charge is 2.00. The van der Waals surface area contributed by atoms with Gasteiger partial charge in [0.05, 0.1) is 0 Å². The predicted octanol–water partition coefficient (Wildman–Crippen LogP) is 2.57. The van der Waals surface area contributed by atoms with Crippen LogP contribution in [0.3, 0.4) is 0 Å². The zero-order chi connectivity index (χ0) is 14.2. The van der Waals surface area contributed by atoms with E-state index in [9.17, 15) is 4.79 Å². The van der Waals surface area contributed by atoms with Gasteiger partial charge in [0.15, 0.2) is 6.73 Å². The first-order chi connectivity index (χ1) is 9.74. The maximum Gasteiger partial charge on any atom is 0.317 e. The second-order valence-corrected chi connectivity index (χ2v) is 4.39. The zero-order valence-electron chi connectivity index (χ0n) is 10.7. The molecular formula is C14H14ClN3O2. The molecule has 0 radical (unpaired) electrons. The van der Waals surface area contributed by atoms with E-state index in [1.54, 1.807) is 36.7 Å². The number of pyridine rings is 1. The van der Waals surface area contributed by atoms with Crippen molar-refractivity contribution in [2.24, 2.45) is 0 Å². The Hall–Kier alpha value is -2.27. The molecule has 0 aliphatic rings. The predicted molar refractivity (Wildman–Crippen MR) is 76.6 cm³/mol. The standard InChI is InChI=1S/C14H14ClN3O2/c15-12-1-3-13(4-2-12)20-10-18-14(19)17-9-11-5-7-16-8-6-11/h1-8H,9-10H2,(H2,17,18,19). The number of urea groups is 1. The van der Waals surface area contributed by atoms with Gasteiger partial charge in [-0.05, 0) is 42.0 Å². The zero-order valence-corrected chi connectivity index (χ0v) is 11.4. The number of benzene rings is 1. The van der Waals surface area contributed by atoms with Gasteiger partial charge >= 0.3 is 6.03 Å². The molecule has 0 spiro atoms. The van der Waals surface area contributed by atoms with Gasteiger partial charge in [-0.1, -0.05) is 11.6 Å². The fraction of sp³-hybridized carbons (Fsp3) is 0.143. The number of hydrogen-bond donors (Lipinski definition) is 2. The fourth-order valence-corrected chi connectivity index (χ4v) is 1.59. The van der Waals surface area contributed by atoms with E-state index in [-0.39, 0.29) is 12.8 Å². The molecule has 6 heteroatoms. The van der Waals surface area contributed by atoms with E-state index in [4.69, 9.17) is 16.3 Å². The summed E-state index contributed by atoms with van der Waals surface area (Å²) in [4.78, 5) is 15.4. The van der Waals surface area contributed by atoms with Crippen LogP contribution in [0.1, 0.15) is 5.56 Å². The molecule has 5 nitrogen and oxygen atoms in total. The lowest BCUT2D eigenvalue weighted by atomic mass is 10.3. The van der Waals surface area contributed by atoms with Gasteiger partial charge in [0, 0.05) is 24.0 Å². The van der Waals surface area contributed by atoms with Crippen LogP contribution in [0.2, 0.25) is 5.02 Å². The van der Waals surface area contributed by atoms with Gasteiger partial charge in [0.2, 0.25) is 0 Å². The highest BCUT2D eigenvalue weighted by Crippen LogP contribution is 2.14. The Morgan fingerprint density at radius 1 is 1.10 bits per heavy atom. The summed E-state index contributed by atoms with van der Waals surface area (Å²) in [6.45, 7) is 0.527. The molecule has 2 aromatic rings. The number of nitrogens with zero attached hydrogens (tertiary/aromatic N) is 1. The summed E-state index contributed by atoms with van der Waals surface area (Å²) in [6, 6.07) is 10.3. The number of carbonyl (C=O) groups excluding carboxylic acids is 1. The van der Waals surface area contributed by atoms with Gasteiger partial charge in [-0.3, -0.25) is 4.98 Å². The van der Waals surface area contributed by atoms with E-state index >= 15 is 0 Å². The van der Waals surface area contributed by atoms with Crippen molar-refractivity contribution >= 4 is 17.6 Å². The SMILES string of the molecule is O=C(NCOc1ccc(Cl)cc1)NCc1ccncc1. The molecule has 1 aromatic carbocycles. The van der Waals surface area contributed by atoms with Crippen molar-refractivity contribution in [2.45, 2.75) is 6.54 Å². The monoisotopic (exact) mass is 291 g/mol. The molecule has 0 aliphatic carbocycles. The smallest absolute Gasteiger partial charge is 0.317 e. The van der Waals surface area contributed by atoms with E-state index < -0.39 is 0 Å². The van der Waals surface area contributed by atoms with Crippen LogP contribution in [0.4, 0.5) is 4.79 Å². The lowest BCUT2D eigenvalue weighted by Crippen LogP contribution is -2.37. The Labute approximate surface area is 121 Å². The van der Waals surface area contributed by atoms with Crippen LogP contribution in [-0.2, 0) is 6.54 Å². The van der Waals surface area contributed by atoms with Gasteiger partial charge < -0.3 is 15.4 Å². The first-order valence-electron chi connectivity index (χ1n) is 6.03. The number of hydrogen-bond acceptors (Lipinski definition) is 3. The first-order valence-corrected chi connectivity index (χ1v) is 6.41. The molecule has 0 atom stereocenters. The molecule has 104 valence electrons. The van der Waals surface area contributed by atoms with E-state index in [1.165, 1.54) is 0 Å². The molecule has 1 heterocycles. The third-order valence-electron chi connectivity index (χ3n) is 2.49. The van der Waals surface area contributed by atoms with Crippen molar-refractivity contribution in [3.8, 4) is 5.75 Å². The third-order valence-corrected chi connectivity index (χ3v) is 2.74. The van der Waals surface area contributed by atoms with Crippen LogP contribution in [0.25, 0.3) is 0 Å². The van der Waals surface area contributed by atoms with Crippen molar-refractivity contribution in [3.05, 3.63) is 59.4 Å². The van der Waals surface area contributed by atoms with Crippen molar-refractivity contribution in [1.82, 2.24) is 15.6 Å². The van der Waals surface area contributed by atoms with Gasteiger partial charge in [-0.15, -0.1) is 0 Å². The molecular weight excluding hydrogens is 278 g/mol. The van der Waals surface area contributed by atoms with Crippen LogP contribution in [-0.4, -0.2) is 17.7 Å². The maximum absolute atomic E-state index is 11.5. The molecule has 0 unspecified atom stereocenters. The van der Waals surface area contributed by atoms with Crippen molar-refractivity contribution in [1.29, 1.82) is 0 Å². The Morgan fingerprint density at radius 2 is 1.80 bits per heavy atom. The van der Waals surface area contributed by atoms with Gasteiger partial charge in [-0.2, -0.15) is 0 Å². The van der Waals surface area contributed by atoms with E-state index in [1.807, 2.05) is 12.1 Å². The molecule has 2 amide bonds. The molecule has 0 saturated heterocycles. The summed E-state index contributed by atoms with van der Waals surface area (Å²) < 4.78 is 5.34. The minimum atomic E-state index is -0.296. The molecule has 1 aromatic heterocycles. The van der Waals surface area contributed by atoms with E-state index in [0.29, 0.717) is 17.3 Å². The average Bonchev–Trinajstić information content (AvgIpc) is 2.48. The summed E-state index contributed by atoms with van der Waals surface area (Å²) >= 11 is 5.76. The largest absolute Gasteiger partial charge is 0.473 e. The van der Waals surface area contributed by atoms with Crippen molar-refractivity contribution in [2.75, 3.05) is 6.73 Å². The summed E-state index contributed by atoms with van der Waals surface area (Å²) in [6.07, 6.45) is 3.36. The number of carbonyl (C=O) groups is 1. The molecule has 0 aliphatic heterocycles. The Morgan fingerprint density at radius 3 is 2.50 bits per heavy atom. The summed E-state index contributed by atoms with van der Waals surface area (Å²) in [7, 11) is 0. The number of halogens is 1. The molecule has 20 heavy (non-hydrogen) atoms. The number of amides is 2.